The summed E-state index contributed by atoms with van der Waals surface area (Å²) in [7, 11) is 0. The molecule has 0 saturated carbocycles. The molecule has 126 valence electrons. The molecule has 3 aliphatic heterocycles. The van der Waals surface area contributed by atoms with Gasteiger partial charge in [-0.25, -0.2) is 0 Å². The average Bonchev–Trinajstić information content (AvgIpc) is 3.30. The fourth-order valence-electron chi connectivity index (χ4n) is 3.30. The topological polar surface area (TPSA) is 71.6 Å². The Bertz CT molecular complexity index is 440. The van der Waals surface area contributed by atoms with E-state index in [0.29, 0.717) is 19.3 Å². The van der Waals surface area contributed by atoms with Gasteiger partial charge in [-0.1, -0.05) is 13.3 Å². The molecule has 0 aliphatic carbocycles. The van der Waals surface area contributed by atoms with Crippen LogP contribution < -0.4 is 0 Å². The minimum Gasteiger partial charge on any atom is -0.462 e. The lowest BCUT2D eigenvalue weighted by Gasteiger charge is -2.30. The molecule has 7 atom stereocenters. The first-order chi connectivity index (χ1) is 10.3. The highest BCUT2D eigenvalue weighted by Gasteiger charge is 2.63. The van der Waals surface area contributed by atoms with E-state index in [1.54, 1.807) is 13.8 Å². The van der Waals surface area contributed by atoms with Crippen molar-refractivity contribution in [3.8, 4) is 0 Å². The average molecular weight is 333 g/mol. The Labute approximate surface area is 136 Å². The molecular weight excluding hydrogens is 308 g/mol. The first kappa shape index (κ1) is 16.5. The fraction of sp³-hybridized carbons (Fsp3) is 0.938. The number of ether oxygens (including phenoxy) is 3. The molecular formula is C16H25ClO5. The van der Waals surface area contributed by atoms with Crippen LogP contribution in [0.5, 0.6) is 0 Å². The van der Waals surface area contributed by atoms with Crippen LogP contribution in [-0.2, 0) is 19.0 Å². The van der Waals surface area contributed by atoms with Crippen molar-refractivity contribution in [2.75, 3.05) is 0 Å². The van der Waals surface area contributed by atoms with Crippen molar-refractivity contribution in [3.05, 3.63) is 0 Å². The highest BCUT2D eigenvalue weighted by Crippen LogP contribution is 2.48. The zero-order valence-electron chi connectivity index (χ0n) is 13.3. The summed E-state index contributed by atoms with van der Waals surface area (Å²) in [4.78, 5) is 12.5. The number of alkyl halides is 1. The number of epoxide rings is 2. The molecule has 22 heavy (non-hydrogen) atoms. The van der Waals surface area contributed by atoms with Gasteiger partial charge in [0.15, 0.2) is 0 Å². The van der Waals surface area contributed by atoms with E-state index in [1.165, 1.54) is 0 Å². The summed E-state index contributed by atoms with van der Waals surface area (Å²) in [6, 6.07) is 0. The largest absolute Gasteiger partial charge is 0.462 e. The van der Waals surface area contributed by atoms with Gasteiger partial charge in [-0.3, -0.25) is 4.79 Å². The van der Waals surface area contributed by atoms with Gasteiger partial charge in [-0.2, -0.15) is 0 Å². The van der Waals surface area contributed by atoms with E-state index >= 15 is 0 Å². The van der Waals surface area contributed by atoms with E-state index in [-0.39, 0.29) is 36.5 Å². The Kier molecular flexibility index (Phi) is 4.45. The molecule has 0 spiro atoms. The van der Waals surface area contributed by atoms with Crippen molar-refractivity contribution in [1.29, 1.82) is 0 Å². The van der Waals surface area contributed by atoms with Gasteiger partial charge < -0.3 is 19.3 Å². The maximum absolute atomic E-state index is 12.5. The molecule has 0 amide bonds. The standard InChI is InChI=1S/C16H25ClO5/c1-4-5-8(18)6-9-7-10-11(21-10)12-13(22-12)14(17)16(2,3)15(19)20-9/h8-14,18H,4-7H2,1-3H3. The summed E-state index contributed by atoms with van der Waals surface area (Å²) in [6.07, 6.45) is 1.86. The molecule has 3 rings (SSSR count). The number of cyclic esters (lactones) is 1. The number of aliphatic hydroxyl groups excluding tert-OH is 1. The number of aliphatic hydroxyl groups is 1. The van der Waals surface area contributed by atoms with Gasteiger partial charge >= 0.3 is 5.97 Å². The minimum absolute atomic E-state index is 0.00103. The first-order valence-electron chi connectivity index (χ1n) is 8.18. The molecule has 3 aliphatic rings. The van der Waals surface area contributed by atoms with Gasteiger partial charge in [0, 0.05) is 12.8 Å². The number of halogens is 1. The van der Waals surface area contributed by atoms with Crippen molar-refractivity contribution in [1.82, 2.24) is 0 Å². The third kappa shape index (κ3) is 3.14. The van der Waals surface area contributed by atoms with Gasteiger partial charge in [0.1, 0.15) is 24.4 Å². The molecule has 3 heterocycles. The lowest BCUT2D eigenvalue weighted by Crippen LogP contribution is -2.42. The SMILES string of the molecule is CCCC(O)CC1CC2OC2C2OC2C(Cl)C(C)(C)C(=O)O1. The fourth-order valence-corrected chi connectivity index (χ4v) is 3.60. The van der Waals surface area contributed by atoms with Crippen LogP contribution in [0.15, 0.2) is 0 Å². The Hall–Kier alpha value is -0.360. The number of rotatable bonds is 4. The molecule has 6 heteroatoms. The zero-order chi connectivity index (χ0) is 16.1. The summed E-state index contributed by atoms with van der Waals surface area (Å²) in [6.45, 7) is 5.60. The molecule has 0 aromatic carbocycles. The van der Waals surface area contributed by atoms with Crippen molar-refractivity contribution >= 4 is 17.6 Å². The number of esters is 1. The molecule has 1 N–H and O–H groups in total. The second-order valence-electron chi connectivity index (χ2n) is 7.27. The second-order valence-corrected chi connectivity index (χ2v) is 7.74. The van der Waals surface area contributed by atoms with Gasteiger partial charge in [-0.15, -0.1) is 11.6 Å². The maximum atomic E-state index is 12.5. The summed E-state index contributed by atoms with van der Waals surface area (Å²) in [5.74, 6) is -0.324. The predicted octanol–water partition coefficient (Wildman–Crippen LogP) is 2.02. The summed E-state index contributed by atoms with van der Waals surface area (Å²) < 4.78 is 17.0. The number of fused-ring (bicyclic) bond motifs is 3. The highest BCUT2D eigenvalue weighted by molar-refractivity contribution is 6.23. The van der Waals surface area contributed by atoms with Crippen molar-refractivity contribution in [2.45, 2.75) is 88.5 Å². The van der Waals surface area contributed by atoms with Gasteiger partial charge in [0.05, 0.1) is 23.0 Å². The van der Waals surface area contributed by atoms with Gasteiger partial charge in [0.25, 0.3) is 0 Å². The van der Waals surface area contributed by atoms with E-state index in [2.05, 4.69) is 0 Å². The van der Waals surface area contributed by atoms with Crippen molar-refractivity contribution < 1.29 is 24.1 Å². The van der Waals surface area contributed by atoms with E-state index in [0.717, 1.165) is 6.42 Å². The number of hydrogen-bond donors (Lipinski definition) is 1. The van der Waals surface area contributed by atoms with E-state index in [1.807, 2.05) is 6.92 Å². The third-order valence-electron chi connectivity index (χ3n) is 4.94. The Morgan fingerprint density at radius 2 is 2.05 bits per heavy atom. The lowest BCUT2D eigenvalue weighted by atomic mass is 9.85. The van der Waals surface area contributed by atoms with Crippen LogP contribution in [0.1, 0.15) is 46.5 Å². The lowest BCUT2D eigenvalue weighted by molar-refractivity contribution is -0.162. The smallest absolute Gasteiger partial charge is 0.313 e. The second kappa shape index (κ2) is 5.93. The molecule has 0 radical (unpaired) electrons. The van der Waals surface area contributed by atoms with E-state index in [4.69, 9.17) is 25.8 Å². The van der Waals surface area contributed by atoms with Gasteiger partial charge in [0.2, 0.25) is 0 Å². The van der Waals surface area contributed by atoms with Gasteiger partial charge in [-0.05, 0) is 20.3 Å². The minimum atomic E-state index is -0.823. The first-order valence-corrected chi connectivity index (χ1v) is 8.62. The van der Waals surface area contributed by atoms with E-state index in [9.17, 15) is 9.90 Å². The number of carbonyl (C=O) groups is 1. The van der Waals surface area contributed by atoms with Crippen LogP contribution in [0.25, 0.3) is 0 Å². The molecule has 0 aromatic heterocycles. The number of carbonyl (C=O) groups excluding carboxylic acids is 1. The van der Waals surface area contributed by atoms with E-state index < -0.39 is 16.9 Å². The summed E-state index contributed by atoms with van der Waals surface area (Å²) in [5, 5.41) is 9.60. The molecule has 0 bridgehead atoms. The molecule has 0 aromatic rings. The molecule has 3 saturated heterocycles. The predicted molar refractivity (Wildman–Crippen MR) is 80.8 cm³/mol. The van der Waals surface area contributed by atoms with Crippen molar-refractivity contribution in [3.63, 3.8) is 0 Å². The van der Waals surface area contributed by atoms with Crippen LogP contribution in [0, 0.1) is 5.41 Å². The molecule has 7 unspecified atom stereocenters. The monoisotopic (exact) mass is 332 g/mol. The quantitative estimate of drug-likeness (QED) is 0.484. The maximum Gasteiger partial charge on any atom is 0.313 e. The Morgan fingerprint density at radius 1 is 1.32 bits per heavy atom. The molecule has 3 fully saturated rings. The van der Waals surface area contributed by atoms with Crippen LogP contribution in [0.3, 0.4) is 0 Å². The summed E-state index contributed by atoms with van der Waals surface area (Å²) in [5.41, 5.74) is -0.823. The normalized spacial score (nSPS) is 44.3. The van der Waals surface area contributed by atoms with Crippen molar-refractivity contribution in [2.24, 2.45) is 5.41 Å². The zero-order valence-corrected chi connectivity index (χ0v) is 14.1. The summed E-state index contributed by atoms with van der Waals surface area (Å²) >= 11 is 6.45. The number of hydrogen-bond acceptors (Lipinski definition) is 5. The van der Waals surface area contributed by atoms with Crippen LogP contribution >= 0.6 is 11.6 Å². The third-order valence-corrected chi connectivity index (χ3v) is 5.73. The van der Waals surface area contributed by atoms with Crippen LogP contribution in [0.4, 0.5) is 0 Å². The highest BCUT2D eigenvalue weighted by atomic mass is 35.5. The Morgan fingerprint density at radius 3 is 2.73 bits per heavy atom. The van der Waals surface area contributed by atoms with Crippen LogP contribution in [-0.4, -0.2) is 53.1 Å². The Balaban J connectivity index is 1.72. The van der Waals surface area contributed by atoms with Crippen LogP contribution in [0.2, 0.25) is 0 Å². The molecule has 5 nitrogen and oxygen atoms in total.